The molecule has 0 aromatic rings. The summed E-state index contributed by atoms with van der Waals surface area (Å²) in [5, 5.41) is 0. The van der Waals surface area contributed by atoms with E-state index in [0.29, 0.717) is 0 Å². The van der Waals surface area contributed by atoms with Crippen molar-refractivity contribution >= 4 is 0 Å². The number of hydrogen-bond acceptors (Lipinski definition) is 1. The molecule has 0 bridgehead atoms. The van der Waals surface area contributed by atoms with Crippen molar-refractivity contribution in [3.63, 3.8) is 0 Å². The summed E-state index contributed by atoms with van der Waals surface area (Å²) in [6.45, 7) is 0. The first-order chi connectivity index (χ1) is 2.83. The summed E-state index contributed by atoms with van der Waals surface area (Å²) in [6, 6.07) is 0. The Labute approximate surface area is 49.5 Å². The topological polar surface area (TPSA) is 119 Å². The van der Waals surface area contributed by atoms with Gasteiger partial charge in [0.25, 0.3) is 0 Å². The predicted molar refractivity (Wildman–Crippen MR) is 19.5 cm³/mol. The van der Waals surface area contributed by atoms with Crippen molar-refractivity contribution in [1.29, 1.82) is 5.53 Å². The minimum absolute atomic E-state index is 0. The van der Waals surface area contributed by atoms with Gasteiger partial charge in [-0.2, -0.15) is 0 Å². The third-order valence-corrected chi connectivity index (χ3v) is 0. The maximum absolute atomic E-state index is 6.86. The Hall–Kier alpha value is -0.874. The van der Waals surface area contributed by atoms with Crippen LogP contribution in [0.1, 0.15) is 0 Å². The van der Waals surface area contributed by atoms with Gasteiger partial charge in [-0.3, -0.25) is 4.91 Å². The molecular formula is HCoN6-. The molecule has 0 aliphatic carbocycles. The quantitative estimate of drug-likeness (QED) is 0.302. The van der Waals surface area contributed by atoms with Crippen LogP contribution >= 0.6 is 0 Å². The van der Waals surface area contributed by atoms with Gasteiger partial charge in [0, 0.05) is 16.8 Å². The van der Waals surface area contributed by atoms with Crippen molar-refractivity contribution in [2.45, 2.75) is 0 Å². The van der Waals surface area contributed by atoms with Gasteiger partial charge in [-0.15, -0.1) is 5.53 Å². The molecule has 0 rings (SSSR count). The molecule has 6 nitrogen and oxygen atoms in total. The zero-order valence-corrected chi connectivity index (χ0v) is 4.11. The molecule has 7 heteroatoms. The van der Waals surface area contributed by atoms with Gasteiger partial charge in [-0.25, -0.2) is 0 Å². The van der Waals surface area contributed by atoms with Gasteiger partial charge in [0.05, 0.1) is 0 Å². The number of hydrogen-bond donors (Lipinski definition) is 1. The van der Waals surface area contributed by atoms with Crippen molar-refractivity contribution in [3.8, 4) is 0 Å². The van der Waals surface area contributed by atoms with Crippen LogP contribution in [0.4, 0.5) is 0 Å². The molecule has 41 valence electrons. The molecule has 0 aromatic carbocycles. The van der Waals surface area contributed by atoms with E-state index in [9.17, 15) is 0 Å². The molecule has 0 unspecified atom stereocenters. The van der Waals surface area contributed by atoms with Crippen molar-refractivity contribution in [3.05, 3.63) is 26.4 Å². The average Bonchev–Trinajstić information content (AvgIpc) is 1.39. The second-order valence-corrected chi connectivity index (χ2v) is 0.189. The number of nitrogens with zero attached hydrogens (tertiary/aromatic N) is 5. The van der Waals surface area contributed by atoms with Crippen molar-refractivity contribution in [2.24, 2.45) is 0 Å². The summed E-state index contributed by atoms with van der Waals surface area (Å²) in [4.78, 5) is 3.25. The van der Waals surface area contributed by atoms with Gasteiger partial charge in [-0.1, -0.05) is 0 Å². The van der Waals surface area contributed by atoms with Gasteiger partial charge in [-0.05, 0) is 10.4 Å². The molecule has 0 aliphatic rings. The van der Waals surface area contributed by atoms with E-state index in [1.165, 1.54) is 4.91 Å². The second kappa shape index (κ2) is 68.8. The molecule has 0 aromatic heterocycles. The summed E-state index contributed by atoms with van der Waals surface area (Å²) in [6.07, 6.45) is 0. The van der Waals surface area contributed by atoms with Crippen molar-refractivity contribution in [1.82, 2.24) is 0 Å². The maximum atomic E-state index is 6.86. The third-order valence-electron chi connectivity index (χ3n) is 0. The normalized spacial score (nSPS) is 2.29. The van der Waals surface area contributed by atoms with E-state index >= 15 is 0 Å². The maximum Gasteiger partial charge on any atom is 0 e. The first kappa shape index (κ1) is 16.5. The summed E-state index contributed by atoms with van der Waals surface area (Å²) >= 11 is 0. The Morgan fingerprint density at radius 2 is 1.14 bits per heavy atom. The molecule has 0 heterocycles. The predicted octanol–water partition coefficient (Wildman–Crippen LogP) is 1.74. The van der Waals surface area contributed by atoms with Gasteiger partial charge < -0.3 is 11.1 Å². The van der Waals surface area contributed by atoms with Crippen molar-refractivity contribution < 1.29 is 16.8 Å². The fraction of sp³-hybridized carbons (Fsp3) is 0. The fourth-order valence-electron chi connectivity index (χ4n) is 0. The van der Waals surface area contributed by atoms with Crippen LogP contribution in [-0.2, 0) is 16.8 Å². The van der Waals surface area contributed by atoms with Gasteiger partial charge >= 0.3 is 0 Å². The molecule has 7 heavy (non-hydrogen) atoms. The Balaban J connectivity index is -0.0000000400. The van der Waals surface area contributed by atoms with Crippen LogP contribution < -0.4 is 0 Å². The molecule has 0 atom stereocenters. The van der Waals surface area contributed by atoms with Crippen LogP contribution in [0.3, 0.4) is 0 Å². The zero-order chi connectivity index (χ0) is 5.41. The molecule has 0 fully saturated rings. The Morgan fingerprint density at radius 3 is 1.14 bits per heavy atom. The number of nitrogens with one attached hydrogen (secondary N) is 1. The van der Waals surface area contributed by atoms with E-state index < -0.39 is 0 Å². The molecule has 0 amide bonds. The Bertz CT molecular complexity index is 58.2. The average molecular weight is 144 g/mol. The minimum Gasteiger partial charge on any atom is -0.373 e. The zero-order valence-electron chi connectivity index (χ0n) is 3.07. The summed E-state index contributed by atoms with van der Waals surface area (Å²) in [5.41, 5.74) is 25.8. The van der Waals surface area contributed by atoms with E-state index in [4.69, 9.17) is 22.1 Å². The first-order valence-corrected chi connectivity index (χ1v) is 0.824. The molecule has 0 saturated carbocycles. The van der Waals surface area contributed by atoms with Crippen LogP contribution in [-0.4, -0.2) is 0 Å². The van der Waals surface area contributed by atoms with Gasteiger partial charge in [0.2, 0.25) is 0 Å². The summed E-state index contributed by atoms with van der Waals surface area (Å²) in [7, 11) is 0. The summed E-state index contributed by atoms with van der Waals surface area (Å²) < 4.78 is 0. The fourth-order valence-corrected chi connectivity index (χ4v) is 0. The van der Waals surface area contributed by atoms with Crippen LogP contribution in [0.2, 0.25) is 0 Å². The molecule has 1 radical (unpaired) electrons. The SMILES string of the molecule is [Co].[N-]=[N+]=N.[N-]=[N+]=[N-]. The molecule has 0 saturated heterocycles. The largest absolute Gasteiger partial charge is 0.373 e. The summed E-state index contributed by atoms with van der Waals surface area (Å²) in [5.74, 6) is 0. The van der Waals surface area contributed by atoms with E-state index in [-0.39, 0.29) is 16.8 Å². The second-order valence-electron chi connectivity index (χ2n) is 0.189. The molecule has 1 N–H and O–H groups in total. The monoisotopic (exact) mass is 144 g/mol. The van der Waals surface area contributed by atoms with Crippen LogP contribution in [0, 0.1) is 5.53 Å². The molecule has 0 aliphatic heterocycles. The van der Waals surface area contributed by atoms with Gasteiger partial charge in [0.15, 0.2) is 0 Å². The smallest absolute Gasteiger partial charge is 0 e. The van der Waals surface area contributed by atoms with E-state index in [1.807, 2.05) is 0 Å². The number of rotatable bonds is 0. The van der Waals surface area contributed by atoms with E-state index in [0.717, 1.165) is 0 Å². The first-order valence-electron chi connectivity index (χ1n) is 0.824. The third kappa shape index (κ3) is 65.7. The van der Waals surface area contributed by atoms with Crippen LogP contribution in [0.5, 0.6) is 0 Å². The van der Waals surface area contributed by atoms with Gasteiger partial charge in [0.1, 0.15) is 0 Å². The molecule has 0 spiro atoms. The van der Waals surface area contributed by atoms with E-state index in [2.05, 4.69) is 0 Å². The van der Waals surface area contributed by atoms with E-state index in [1.54, 1.807) is 4.91 Å². The van der Waals surface area contributed by atoms with Crippen molar-refractivity contribution in [2.75, 3.05) is 0 Å². The Kier molecular flexibility index (Phi) is 162. The minimum atomic E-state index is 0. The standard InChI is InChI=1S/Co.HN3.N3/c;2*1-3-2/h;1H;/q;;-1. The Morgan fingerprint density at radius 1 is 1.14 bits per heavy atom. The van der Waals surface area contributed by atoms with Crippen LogP contribution in [0.25, 0.3) is 26.4 Å². The molecular weight excluding hydrogens is 143 g/mol. The van der Waals surface area contributed by atoms with Crippen LogP contribution in [0.15, 0.2) is 0 Å².